The molecule has 1 amide bonds. The van der Waals surface area contributed by atoms with Crippen molar-refractivity contribution in [3.8, 4) is 5.75 Å². The van der Waals surface area contributed by atoms with Crippen LogP contribution in [0.4, 0.5) is 5.69 Å². The predicted octanol–water partition coefficient (Wildman–Crippen LogP) is 7.20. The summed E-state index contributed by atoms with van der Waals surface area (Å²) < 4.78 is 33.9. The van der Waals surface area contributed by atoms with Gasteiger partial charge in [0.15, 0.2) is 5.78 Å². The lowest BCUT2D eigenvalue weighted by Gasteiger charge is -2.46. The largest absolute Gasteiger partial charge is 0.490 e. The highest BCUT2D eigenvalue weighted by Gasteiger charge is 2.44. The fraction of sp³-hybridized carbons (Fsp3) is 0.537. The van der Waals surface area contributed by atoms with E-state index in [0.717, 1.165) is 56.6 Å². The highest BCUT2D eigenvalue weighted by molar-refractivity contribution is 7.95. The Morgan fingerprint density at radius 1 is 1.16 bits per heavy atom. The van der Waals surface area contributed by atoms with Crippen molar-refractivity contribution in [3.05, 3.63) is 88.8 Å². The molecule has 3 heterocycles. The lowest BCUT2D eigenvalue weighted by atomic mass is 9.68. The summed E-state index contributed by atoms with van der Waals surface area (Å²) in [4.78, 5) is 30.2. The molecule has 9 nitrogen and oxygen atoms in total. The molecule has 0 radical (unpaired) electrons. The molecule has 0 N–H and O–H groups in total. The average molecular weight is 713 g/mol. The van der Waals surface area contributed by atoms with Crippen LogP contribution in [0.1, 0.15) is 90.3 Å². The summed E-state index contributed by atoms with van der Waals surface area (Å²) in [5.41, 5.74) is 5.44. The number of hydrogen-bond acceptors (Lipinski definition) is 7. The Bertz CT molecular complexity index is 1960. The third-order valence-electron chi connectivity index (χ3n) is 12.2. The van der Waals surface area contributed by atoms with Gasteiger partial charge in [0, 0.05) is 49.2 Å². The summed E-state index contributed by atoms with van der Waals surface area (Å²) in [5.74, 6) is 0.170. The Morgan fingerprint density at radius 3 is 2.75 bits per heavy atom. The van der Waals surface area contributed by atoms with Crippen molar-refractivity contribution in [2.45, 2.75) is 89.5 Å². The minimum absolute atomic E-state index is 0.0344. The van der Waals surface area contributed by atoms with Crippen LogP contribution in [0.5, 0.6) is 5.75 Å². The van der Waals surface area contributed by atoms with Gasteiger partial charge in [-0.05, 0) is 106 Å². The van der Waals surface area contributed by atoms with E-state index in [1.807, 2.05) is 32.9 Å². The first-order valence-electron chi connectivity index (χ1n) is 18.7. The maximum absolute atomic E-state index is 14.9. The molecule has 7 rings (SSSR count). The van der Waals surface area contributed by atoms with Gasteiger partial charge in [-0.1, -0.05) is 42.8 Å². The number of rotatable bonds is 5. The van der Waals surface area contributed by atoms with Crippen molar-refractivity contribution in [1.82, 2.24) is 9.78 Å². The van der Waals surface area contributed by atoms with Crippen LogP contribution in [-0.2, 0) is 32.8 Å². The van der Waals surface area contributed by atoms with Crippen LogP contribution < -0.4 is 9.64 Å². The molecule has 4 aliphatic rings. The number of aromatic nitrogens is 2. The highest BCUT2D eigenvalue weighted by Crippen LogP contribution is 2.47. The van der Waals surface area contributed by atoms with Gasteiger partial charge < -0.3 is 14.4 Å². The molecule has 1 aromatic heterocycles. The molecule has 1 saturated carbocycles. The number of nitrogens with zero attached hydrogens (tertiary/aromatic N) is 4. The first kappa shape index (κ1) is 35.6. The Morgan fingerprint density at radius 2 is 2.00 bits per heavy atom. The normalized spacial score (nSPS) is 31.4. The Hall–Kier alpha value is -3.76. The number of benzene rings is 2. The maximum atomic E-state index is 14.9. The van der Waals surface area contributed by atoms with Gasteiger partial charge in [-0.15, -0.1) is 0 Å². The van der Waals surface area contributed by atoms with Crippen LogP contribution in [0.3, 0.4) is 0 Å². The maximum Gasteiger partial charge on any atom is 0.285 e. The third-order valence-corrected chi connectivity index (χ3v) is 15.0. The Balaban J connectivity index is 1.32. The molecule has 2 aliphatic heterocycles. The van der Waals surface area contributed by atoms with E-state index in [2.05, 4.69) is 51.6 Å². The summed E-state index contributed by atoms with van der Waals surface area (Å²) in [6, 6.07) is 12.3. The van der Waals surface area contributed by atoms with E-state index in [1.165, 1.54) is 22.9 Å². The lowest BCUT2D eigenvalue weighted by Crippen LogP contribution is -2.49. The van der Waals surface area contributed by atoms with Gasteiger partial charge in [0.05, 0.1) is 45.6 Å². The molecule has 2 aliphatic carbocycles. The second kappa shape index (κ2) is 14.3. The lowest BCUT2D eigenvalue weighted by molar-refractivity contribution is 0.0131. The Labute approximate surface area is 303 Å². The van der Waals surface area contributed by atoms with Crippen molar-refractivity contribution in [2.24, 2.45) is 22.1 Å². The van der Waals surface area contributed by atoms with Crippen LogP contribution in [0.2, 0.25) is 0 Å². The zero-order valence-corrected chi connectivity index (χ0v) is 31.5. The molecular formula is C41H52N4O5S. The molecule has 51 heavy (non-hydrogen) atoms. The summed E-state index contributed by atoms with van der Waals surface area (Å²) in [7, 11) is -1.55. The number of aryl methyl sites for hydroxylation is 3. The monoisotopic (exact) mass is 712 g/mol. The second-order valence-corrected chi connectivity index (χ2v) is 18.0. The van der Waals surface area contributed by atoms with Crippen molar-refractivity contribution < 1.29 is 23.3 Å². The van der Waals surface area contributed by atoms with E-state index in [-0.39, 0.29) is 29.0 Å². The summed E-state index contributed by atoms with van der Waals surface area (Å²) >= 11 is 0. The number of amides is 1. The molecule has 0 unspecified atom stereocenters. The predicted molar refractivity (Wildman–Crippen MR) is 201 cm³/mol. The minimum atomic E-state index is -3.34. The number of ether oxygens (including phenoxy) is 2. The van der Waals surface area contributed by atoms with E-state index in [0.29, 0.717) is 42.5 Å². The zero-order valence-electron chi connectivity index (χ0n) is 30.7. The fourth-order valence-electron chi connectivity index (χ4n) is 8.71. The molecule has 2 bridgehead atoms. The van der Waals surface area contributed by atoms with E-state index in [4.69, 9.17) is 9.47 Å². The van der Waals surface area contributed by atoms with Crippen molar-refractivity contribution in [2.75, 3.05) is 37.5 Å². The topological polar surface area (TPSA) is 103 Å². The quantitative estimate of drug-likeness (QED) is 0.204. The molecule has 1 spiro atoms. The Kier molecular flexibility index (Phi) is 10.0. The molecular weight excluding hydrogens is 661 g/mol. The second-order valence-electron chi connectivity index (χ2n) is 15.4. The number of anilines is 1. The standard InChI is InChI=1S/C41H52N4O5S/c1-6-45-23-33(21-42-45)37(46)24-51(48)29(4)28(3)9-7-11-38(49-5)34-15-13-32(34)22-44-25-41(18-8-10-30-19-27(2)12-16-35(30)41)26-50-39-17-14-31(20-36(39)44)40(47)43-51/h7,11-12,14,16-17,19-21,23,28-29,32,34,38H,6,8-10,13,15,18,22,24-26H2,1-5H3/b11-7+/t28-,29+,32-,34+,38-,41-,51-/m0/s1. The third kappa shape index (κ3) is 6.93. The van der Waals surface area contributed by atoms with E-state index in [1.54, 1.807) is 24.1 Å². The summed E-state index contributed by atoms with van der Waals surface area (Å²) in [6.45, 7) is 10.7. The van der Waals surface area contributed by atoms with Gasteiger partial charge in [0.2, 0.25) is 0 Å². The summed E-state index contributed by atoms with van der Waals surface area (Å²) in [5, 5.41) is 3.71. The molecule has 272 valence electrons. The number of Topliss-reactive ketones (excluding diaryl/α,β-unsaturated/α-hetero) is 1. The molecule has 10 heteroatoms. The van der Waals surface area contributed by atoms with E-state index >= 15 is 0 Å². The SMILES string of the molecule is CCn1cc(C(=O)C[S@@]2(=O)=NC(=O)c3ccc4c(c3)N(C[C@@H]3CC[C@H]3[C@@H](OC)/C=C/C[C@H](C)[C@H]2C)C[C@@]2(CCCc3cc(C)ccc32)CO4)cn1. The number of allylic oxidation sites excluding steroid dienone is 1. The van der Waals surface area contributed by atoms with E-state index in [9.17, 15) is 13.8 Å². The van der Waals surface area contributed by atoms with Crippen LogP contribution in [0.25, 0.3) is 0 Å². The van der Waals surface area contributed by atoms with Gasteiger partial charge in [-0.25, -0.2) is 4.21 Å². The smallest absolute Gasteiger partial charge is 0.285 e. The number of carbonyl (C=O) groups excluding carboxylic acids is 2. The number of hydrogen-bond donors (Lipinski definition) is 0. The number of ketones is 1. The van der Waals surface area contributed by atoms with Crippen molar-refractivity contribution in [3.63, 3.8) is 0 Å². The van der Waals surface area contributed by atoms with E-state index < -0.39 is 20.9 Å². The van der Waals surface area contributed by atoms with Crippen LogP contribution in [-0.4, -0.2) is 69.6 Å². The van der Waals surface area contributed by atoms with Gasteiger partial charge in [-0.2, -0.15) is 9.46 Å². The van der Waals surface area contributed by atoms with Crippen molar-refractivity contribution in [1.29, 1.82) is 0 Å². The van der Waals surface area contributed by atoms with Gasteiger partial charge >= 0.3 is 0 Å². The zero-order chi connectivity index (χ0) is 35.9. The summed E-state index contributed by atoms with van der Waals surface area (Å²) in [6.07, 6.45) is 13.4. The minimum Gasteiger partial charge on any atom is -0.490 e. The average Bonchev–Trinajstić information content (AvgIpc) is 3.55. The first-order chi connectivity index (χ1) is 24.5. The molecule has 0 saturated heterocycles. The molecule has 3 aromatic rings. The molecule has 7 atom stereocenters. The van der Waals surface area contributed by atoms with Gasteiger partial charge in [-0.3, -0.25) is 14.3 Å². The van der Waals surface area contributed by atoms with Gasteiger partial charge in [0.25, 0.3) is 5.91 Å². The number of carbonyl (C=O) groups is 2. The first-order valence-corrected chi connectivity index (χ1v) is 20.4. The highest BCUT2D eigenvalue weighted by atomic mass is 32.2. The van der Waals surface area contributed by atoms with Crippen molar-refractivity contribution >= 4 is 27.1 Å². The number of methoxy groups -OCH3 is 1. The number of fused-ring (bicyclic) bond motifs is 4. The molecule has 1 fully saturated rings. The van der Waals surface area contributed by atoms with Crippen LogP contribution >= 0.6 is 0 Å². The van der Waals surface area contributed by atoms with Crippen LogP contribution in [0.15, 0.2) is 65.3 Å². The fourth-order valence-corrected chi connectivity index (χ4v) is 11.0. The van der Waals surface area contributed by atoms with Crippen LogP contribution in [0, 0.1) is 24.7 Å². The molecule has 2 aromatic carbocycles. The van der Waals surface area contributed by atoms with Gasteiger partial charge in [0.1, 0.15) is 5.75 Å².